The highest BCUT2D eigenvalue weighted by molar-refractivity contribution is 5.86. The van der Waals surface area contributed by atoms with Crippen LogP contribution in [0.4, 0.5) is 0 Å². The van der Waals surface area contributed by atoms with E-state index in [1.54, 1.807) is 6.92 Å². The Morgan fingerprint density at radius 1 is 1.17 bits per heavy atom. The molecule has 0 radical (unpaired) electrons. The SMILES string of the molecule is CC(C)c1noc([C@@H](C)NC(=O)Cc2noc3ccccc23)n1. The number of benzene rings is 1. The van der Waals surface area contributed by atoms with E-state index < -0.39 is 0 Å². The molecule has 0 saturated carbocycles. The van der Waals surface area contributed by atoms with Gasteiger partial charge in [-0.1, -0.05) is 36.3 Å². The zero-order valence-electron chi connectivity index (χ0n) is 13.2. The molecule has 0 fully saturated rings. The number of nitrogens with one attached hydrogen (secondary N) is 1. The van der Waals surface area contributed by atoms with E-state index in [1.807, 2.05) is 38.1 Å². The van der Waals surface area contributed by atoms with E-state index in [0.29, 0.717) is 23.0 Å². The molecule has 1 aromatic carbocycles. The molecule has 2 heterocycles. The average molecular weight is 314 g/mol. The van der Waals surface area contributed by atoms with Crippen molar-refractivity contribution < 1.29 is 13.8 Å². The lowest BCUT2D eigenvalue weighted by Crippen LogP contribution is -2.28. The maximum Gasteiger partial charge on any atom is 0.248 e. The molecular formula is C16H18N4O3. The van der Waals surface area contributed by atoms with Crippen LogP contribution in [0.25, 0.3) is 11.0 Å². The van der Waals surface area contributed by atoms with Crippen LogP contribution in [-0.2, 0) is 11.2 Å². The van der Waals surface area contributed by atoms with Gasteiger partial charge < -0.3 is 14.4 Å². The number of aromatic nitrogens is 3. The Kier molecular flexibility index (Phi) is 4.10. The summed E-state index contributed by atoms with van der Waals surface area (Å²) in [6.45, 7) is 5.76. The monoisotopic (exact) mass is 314 g/mol. The molecule has 0 bridgehead atoms. The zero-order valence-corrected chi connectivity index (χ0v) is 13.2. The van der Waals surface area contributed by atoms with Gasteiger partial charge in [0.2, 0.25) is 11.8 Å². The summed E-state index contributed by atoms with van der Waals surface area (Å²) < 4.78 is 10.4. The smallest absolute Gasteiger partial charge is 0.248 e. The van der Waals surface area contributed by atoms with Gasteiger partial charge in [0, 0.05) is 11.3 Å². The predicted molar refractivity (Wildman–Crippen MR) is 82.7 cm³/mol. The second kappa shape index (κ2) is 6.20. The highest BCUT2D eigenvalue weighted by atomic mass is 16.5. The molecule has 7 heteroatoms. The number of nitrogens with zero attached hydrogens (tertiary/aromatic N) is 3. The molecule has 0 unspecified atom stereocenters. The van der Waals surface area contributed by atoms with Crippen molar-refractivity contribution in [3.8, 4) is 0 Å². The molecule has 0 saturated heterocycles. The molecule has 7 nitrogen and oxygen atoms in total. The maximum absolute atomic E-state index is 12.2. The van der Waals surface area contributed by atoms with Crippen molar-refractivity contribution >= 4 is 16.9 Å². The third kappa shape index (κ3) is 3.23. The van der Waals surface area contributed by atoms with E-state index in [0.717, 1.165) is 5.39 Å². The summed E-state index contributed by atoms with van der Waals surface area (Å²) in [7, 11) is 0. The molecule has 0 aliphatic heterocycles. The minimum atomic E-state index is -0.360. The first-order valence-corrected chi connectivity index (χ1v) is 7.50. The van der Waals surface area contributed by atoms with Gasteiger partial charge in [-0.25, -0.2) is 0 Å². The molecule has 0 aliphatic rings. The normalized spacial score (nSPS) is 12.7. The Labute approximate surface area is 133 Å². The lowest BCUT2D eigenvalue weighted by atomic mass is 10.1. The van der Waals surface area contributed by atoms with E-state index >= 15 is 0 Å². The van der Waals surface area contributed by atoms with Gasteiger partial charge in [0.15, 0.2) is 11.4 Å². The molecule has 0 spiro atoms. The number of carbonyl (C=O) groups excluding carboxylic acids is 1. The molecular weight excluding hydrogens is 296 g/mol. The average Bonchev–Trinajstić information content (AvgIpc) is 3.15. The summed E-state index contributed by atoms with van der Waals surface area (Å²) in [5.41, 5.74) is 1.28. The number of carbonyl (C=O) groups is 1. The van der Waals surface area contributed by atoms with Crippen molar-refractivity contribution in [2.75, 3.05) is 0 Å². The van der Waals surface area contributed by atoms with Crippen LogP contribution in [-0.4, -0.2) is 21.2 Å². The predicted octanol–water partition coefficient (Wildman–Crippen LogP) is 2.75. The van der Waals surface area contributed by atoms with Gasteiger partial charge in [-0.2, -0.15) is 4.98 Å². The molecule has 2 aromatic heterocycles. The van der Waals surface area contributed by atoms with Gasteiger partial charge in [0.25, 0.3) is 0 Å². The van der Waals surface area contributed by atoms with Gasteiger partial charge in [-0.15, -0.1) is 0 Å². The first-order valence-electron chi connectivity index (χ1n) is 7.50. The summed E-state index contributed by atoms with van der Waals surface area (Å²) in [5.74, 6) is 1.02. The summed E-state index contributed by atoms with van der Waals surface area (Å²) >= 11 is 0. The van der Waals surface area contributed by atoms with Crippen LogP contribution in [0.15, 0.2) is 33.3 Å². The van der Waals surface area contributed by atoms with Crippen molar-refractivity contribution in [2.45, 2.75) is 39.2 Å². The highest BCUT2D eigenvalue weighted by Crippen LogP contribution is 2.19. The Morgan fingerprint density at radius 2 is 1.96 bits per heavy atom. The number of fused-ring (bicyclic) bond motifs is 1. The van der Waals surface area contributed by atoms with Crippen molar-refractivity contribution in [3.05, 3.63) is 41.7 Å². The standard InChI is InChI=1S/C16H18N4O3/c1-9(2)15-18-16(23-20-15)10(3)17-14(21)8-12-11-6-4-5-7-13(11)22-19-12/h4-7,9-10H,8H2,1-3H3,(H,17,21)/t10-/m1/s1. The van der Waals surface area contributed by atoms with Crippen molar-refractivity contribution in [1.82, 2.24) is 20.6 Å². The Bertz CT molecular complexity index is 821. The molecule has 3 aromatic rings. The van der Waals surface area contributed by atoms with Crippen molar-refractivity contribution in [1.29, 1.82) is 0 Å². The van der Waals surface area contributed by atoms with Gasteiger partial charge in [0.05, 0.1) is 6.42 Å². The molecule has 1 atom stereocenters. The van der Waals surface area contributed by atoms with Crippen LogP contribution in [0.2, 0.25) is 0 Å². The number of hydrogen-bond donors (Lipinski definition) is 1. The summed E-state index contributed by atoms with van der Waals surface area (Å²) in [5, 5.41) is 11.5. The zero-order chi connectivity index (χ0) is 16.4. The molecule has 23 heavy (non-hydrogen) atoms. The van der Waals surface area contributed by atoms with Crippen LogP contribution in [0.5, 0.6) is 0 Å². The minimum Gasteiger partial charge on any atom is -0.356 e. The fraction of sp³-hybridized carbons (Fsp3) is 0.375. The second-order valence-electron chi connectivity index (χ2n) is 5.74. The van der Waals surface area contributed by atoms with E-state index in [4.69, 9.17) is 9.05 Å². The second-order valence-corrected chi connectivity index (χ2v) is 5.74. The highest BCUT2D eigenvalue weighted by Gasteiger charge is 2.19. The lowest BCUT2D eigenvalue weighted by molar-refractivity contribution is -0.121. The van der Waals surface area contributed by atoms with E-state index in [-0.39, 0.29) is 24.3 Å². The Balaban J connectivity index is 1.66. The Morgan fingerprint density at radius 3 is 2.70 bits per heavy atom. The third-order valence-corrected chi connectivity index (χ3v) is 3.50. The Hall–Kier alpha value is -2.70. The summed E-state index contributed by atoms with van der Waals surface area (Å²) in [6.07, 6.45) is 0.131. The van der Waals surface area contributed by atoms with Crippen LogP contribution < -0.4 is 5.32 Å². The fourth-order valence-electron chi connectivity index (χ4n) is 2.23. The summed E-state index contributed by atoms with van der Waals surface area (Å²) in [4.78, 5) is 16.5. The van der Waals surface area contributed by atoms with Gasteiger partial charge in [-0.05, 0) is 19.1 Å². The van der Waals surface area contributed by atoms with E-state index in [2.05, 4.69) is 20.6 Å². The maximum atomic E-state index is 12.2. The van der Waals surface area contributed by atoms with Gasteiger partial charge >= 0.3 is 0 Å². The van der Waals surface area contributed by atoms with Crippen molar-refractivity contribution in [3.63, 3.8) is 0 Å². The van der Waals surface area contributed by atoms with E-state index in [1.165, 1.54) is 0 Å². The largest absolute Gasteiger partial charge is 0.356 e. The van der Waals surface area contributed by atoms with Crippen molar-refractivity contribution in [2.24, 2.45) is 0 Å². The number of para-hydroxylation sites is 1. The molecule has 1 amide bonds. The van der Waals surface area contributed by atoms with Gasteiger partial charge in [0.1, 0.15) is 11.7 Å². The number of rotatable bonds is 5. The molecule has 1 N–H and O–H groups in total. The number of amides is 1. The van der Waals surface area contributed by atoms with Crippen LogP contribution in [0.1, 0.15) is 50.1 Å². The third-order valence-electron chi connectivity index (χ3n) is 3.50. The first-order chi connectivity index (χ1) is 11.0. The van der Waals surface area contributed by atoms with Crippen LogP contribution in [0.3, 0.4) is 0 Å². The number of hydrogen-bond acceptors (Lipinski definition) is 6. The summed E-state index contributed by atoms with van der Waals surface area (Å²) in [6, 6.07) is 7.08. The van der Waals surface area contributed by atoms with Gasteiger partial charge in [-0.3, -0.25) is 4.79 Å². The lowest BCUT2D eigenvalue weighted by Gasteiger charge is -2.08. The van der Waals surface area contributed by atoms with Crippen LogP contribution >= 0.6 is 0 Å². The molecule has 3 rings (SSSR count). The molecule has 120 valence electrons. The first kappa shape index (κ1) is 15.2. The topological polar surface area (TPSA) is 94.1 Å². The fourth-order valence-corrected chi connectivity index (χ4v) is 2.23. The minimum absolute atomic E-state index is 0.131. The van der Waals surface area contributed by atoms with E-state index in [9.17, 15) is 4.79 Å². The quantitative estimate of drug-likeness (QED) is 0.778. The molecule has 0 aliphatic carbocycles. The van der Waals surface area contributed by atoms with Crippen LogP contribution in [0, 0.1) is 0 Å².